The highest BCUT2D eigenvalue weighted by atomic mass is 79.9. The van der Waals surface area contributed by atoms with Gasteiger partial charge in [-0.1, -0.05) is 22.0 Å². The predicted molar refractivity (Wildman–Crippen MR) is 68.6 cm³/mol. The zero-order valence-corrected chi connectivity index (χ0v) is 10.8. The first-order valence-corrected chi connectivity index (χ1v) is 6.32. The smallest absolute Gasteiger partial charge is 0.0528 e. The zero-order valence-electron chi connectivity index (χ0n) is 9.20. The van der Waals surface area contributed by atoms with E-state index in [1.807, 2.05) is 0 Å². The number of aryl methyl sites for hydroxylation is 1. The van der Waals surface area contributed by atoms with Crippen LogP contribution in [0.1, 0.15) is 18.4 Å². The van der Waals surface area contributed by atoms with Crippen molar-refractivity contribution < 1.29 is 5.11 Å². The second-order valence-corrected chi connectivity index (χ2v) is 5.58. The second kappa shape index (κ2) is 3.34. The normalized spacial score (nSPS) is 17.9. The van der Waals surface area contributed by atoms with Gasteiger partial charge < -0.3 is 9.67 Å². The summed E-state index contributed by atoms with van der Waals surface area (Å²) in [5, 5.41) is 10.8. The monoisotopic (exact) mass is 279 g/mol. The molecule has 0 unspecified atom stereocenters. The number of aliphatic hydroxyl groups excluding tert-OH is 1. The van der Waals surface area contributed by atoms with Crippen molar-refractivity contribution in [3.63, 3.8) is 0 Å². The lowest BCUT2D eigenvalue weighted by atomic mass is 9.96. The molecule has 0 saturated heterocycles. The van der Waals surface area contributed by atoms with Crippen LogP contribution in [0.5, 0.6) is 0 Å². The Bertz CT molecular complexity index is 554. The summed E-state index contributed by atoms with van der Waals surface area (Å²) in [4.78, 5) is 0. The van der Waals surface area contributed by atoms with Gasteiger partial charge in [0.1, 0.15) is 0 Å². The summed E-state index contributed by atoms with van der Waals surface area (Å²) in [5.74, 6) is 0. The SMILES string of the molecule is Cn1cc(C2(CO)CC2)c2c(Br)cccc21. The molecule has 0 bridgehead atoms. The van der Waals surface area contributed by atoms with E-state index in [1.165, 1.54) is 16.5 Å². The van der Waals surface area contributed by atoms with Crippen molar-refractivity contribution in [3.05, 3.63) is 34.4 Å². The van der Waals surface area contributed by atoms with Gasteiger partial charge in [0, 0.05) is 34.0 Å². The summed E-state index contributed by atoms with van der Waals surface area (Å²) in [6.45, 7) is 0.257. The number of halogens is 1. The van der Waals surface area contributed by atoms with E-state index in [0.717, 1.165) is 17.3 Å². The molecule has 3 rings (SSSR count). The third kappa shape index (κ3) is 1.28. The van der Waals surface area contributed by atoms with Crippen LogP contribution >= 0.6 is 15.9 Å². The van der Waals surface area contributed by atoms with Crippen LogP contribution in [0.3, 0.4) is 0 Å². The minimum atomic E-state index is 0.0311. The summed E-state index contributed by atoms with van der Waals surface area (Å²) >= 11 is 3.62. The molecular formula is C13H14BrNO. The average Bonchev–Trinajstić information content (AvgIpc) is 3.00. The number of aromatic nitrogens is 1. The van der Waals surface area contributed by atoms with E-state index in [0.29, 0.717) is 0 Å². The van der Waals surface area contributed by atoms with Crippen molar-refractivity contribution in [3.8, 4) is 0 Å². The second-order valence-electron chi connectivity index (χ2n) is 4.73. The molecule has 1 saturated carbocycles. The molecule has 1 aliphatic rings. The molecule has 0 atom stereocenters. The number of rotatable bonds is 2. The van der Waals surface area contributed by atoms with Gasteiger partial charge in [0.25, 0.3) is 0 Å². The van der Waals surface area contributed by atoms with E-state index in [2.05, 4.69) is 51.9 Å². The molecule has 0 aliphatic heterocycles. The van der Waals surface area contributed by atoms with E-state index >= 15 is 0 Å². The summed E-state index contributed by atoms with van der Waals surface area (Å²) < 4.78 is 3.27. The Morgan fingerprint density at radius 2 is 2.19 bits per heavy atom. The number of hydrogen-bond donors (Lipinski definition) is 1. The molecule has 16 heavy (non-hydrogen) atoms. The molecule has 1 fully saturated rings. The molecule has 1 heterocycles. The van der Waals surface area contributed by atoms with E-state index in [1.54, 1.807) is 0 Å². The Morgan fingerprint density at radius 1 is 1.44 bits per heavy atom. The highest BCUT2D eigenvalue weighted by molar-refractivity contribution is 9.10. The lowest BCUT2D eigenvalue weighted by molar-refractivity contribution is 0.255. The Hall–Kier alpha value is -0.800. The molecule has 0 radical (unpaired) electrons. The fourth-order valence-corrected chi connectivity index (χ4v) is 3.04. The van der Waals surface area contributed by atoms with E-state index in [9.17, 15) is 5.11 Å². The van der Waals surface area contributed by atoms with Crippen LogP contribution < -0.4 is 0 Å². The third-order valence-corrected chi connectivity index (χ3v) is 4.35. The summed E-state index contributed by atoms with van der Waals surface area (Å²) in [5.41, 5.74) is 2.55. The maximum atomic E-state index is 9.55. The first-order valence-electron chi connectivity index (χ1n) is 5.53. The van der Waals surface area contributed by atoms with Crippen molar-refractivity contribution in [2.24, 2.45) is 7.05 Å². The topological polar surface area (TPSA) is 25.2 Å². The number of nitrogens with zero attached hydrogens (tertiary/aromatic N) is 1. The van der Waals surface area contributed by atoms with Gasteiger partial charge >= 0.3 is 0 Å². The summed E-state index contributed by atoms with van der Waals surface area (Å²) in [6, 6.07) is 6.24. The first kappa shape index (κ1) is 10.4. The van der Waals surface area contributed by atoms with Gasteiger partial charge in [0.15, 0.2) is 0 Å². The molecule has 0 amide bonds. The fourth-order valence-electron chi connectivity index (χ4n) is 2.47. The molecule has 84 valence electrons. The van der Waals surface area contributed by atoms with Crippen molar-refractivity contribution in [1.82, 2.24) is 4.57 Å². The molecule has 2 nitrogen and oxygen atoms in total. The van der Waals surface area contributed by atoms with Gasteiger partial charge in [-0.2, -0.15) is 0 Å². The van der Waals surface area contributed by atoms with Gasteiger partial charge in [-0.15, -0.1) is 0 Å². The average molecular weight is 280 g/mol. The largest absolute Gasteiger partial charge is 0.395 e. The summed E-state index contributed by atoms with van der Waals surface area (Å²) in [7, 11) is 2.06. The Labute approximate surface area is 103 Å². The number of aliphatic hydroxyl groups is 1. The van der Waals surface area contributed by atoms with E-state index in [4.69, 9.17) is 0 Å². The molecule has 1 aromatic heterocycles. The Kier molecular flexibility index (Phi) is 2.17. The first-order chi connectivity index (χ1) is 7.68. The zero-order chi connectivity index (χ0) is 11.3. The van der Waals surface area contributed by atoms with Crippen molar-refractivity contribution in [2.45, 2.75) is 18.3 Å². The van der Waals surface area contributed by atoms with Crippen LogP contribution in [-0.4, -0.2) is 16.3 Å². The van der Waals surface area contributed by atoms with Gasteiger partial charge in [-0.05, 0) is 30.5 Å². The number of fused-ring (bicyclic) bond motifs is 1. The minimum absolute atomic E-state index is 0.0311. The fraction of sp³-hybridized carbons (Fsp3) is 0.385. The van der Waals surface area contributed by atoms with Gasteiger partial charge in [0.05, 0.1) is 6.61 Å². The highest BCUT2D eigenvalue weighted by Gasteiger charge is 2.45. The number of benzene rings is 1. The summed E-state index contributed by atoms with van der Waals surface area (Å²) in [6.07, 6.45) is 4.37. The van der Waals surface area contributed by atoms with E-state index in [-0.39, 0.29) is 12.0 Å². The standard InChI is InChI=1S/C13H14BrNO/c1-15-7-9(13(8-16)5-6-13)12-10(14)3-2-4-11(12)15/h2-4,7,16H,5-6,8H2,1H3. The molecule has 1 N–H and O–H groups in total. The van der Waals surface area contributed by atoms with Crippen LogP contribution in [0.2, 0.25) is 0 Å². The molecule has 0 spiro atoms. The predicted octanol–water partition coefficient (Wildman–Crippen LogP) is 2.96. The van der Waals surface area contributed by atoms with Gasteiger partial charge in [-0.25, -0.2) is 0 Å². The molecule has 1 aliphatic carbocycles. The Morgan fingerprint density at radius 3 is 2.81 bits per heavy atom. The number of hydrogen-bond acceptors (Lipinski definition) is 1. The maximum Gasteiger partial charge on any atom is 0.0528 e. The third-order valence-electron chi connectivity index (χ3n) is 3.69. The van der Waals surface area contributed by atoms with Gasteiger partial charge in [0.2, 0.25) is 0 Å². The van der Waals surface area contributed by atoms with Crippen molar-refractivity contribution in [2.75, 3.05) is 6.61 Å². The quantitative estimate of drug-likeness (QED) is 0.899. The van der Waals surface area contributed by atoms with Crippen LogP contribution in [-0.2, 0) is 12.5 Å². The lowest BCUT2D eigenvalue weighted by Gasteiger charge is -2.10. The Balaban J connectivity index is 2.33. The molecular weight excluding hydrogens is 266 g/mol. The molecule has 3 heteroatoms. The lowest BCUT2D eigenvalue weighted by Crippen LogP contribution is -2.11. The van der Waals surface area contributed by atoms with Crippen LogP contribution in [0.4, 0.5) is 0 Å². The minimum Gasteiger partial charge on any atom is -0.395 e. The van der Waals surface area contributed by atoms with Gasteiger partial charge in [-0.3, -0.25) is 0 Å². The maximum absolute atomic E-state index is 9.55. The van der Waals surface area contributed by atoms with E-state index < -0.39 is 0 Å². The highest BCUT2D eigenvalue weighted by Crippen LogP contribution is 2.51. The van der Waals surface area contributed by atoms with Crippen LogP contribution in [0, 0.1) is 0 Å². The molecule has 1 aromatic carbocycles. The van der Waals surface area contributed by atoms with Crippen LogP contribution in [0.15, 0.2) is 28.9 Å². The van der Waals surface area contributed by atoms with Crippen molar-refractivity contribution in [1.29, 1.82) is 0 Å². The van der Waals surface area contributed by atoms with Crippen LogP contribution in [0.25, 0.3) is 10.9 Å². The van der Waals surface area contributed by atoms with Crippen molar-refractivity contribution >= 4 is 26.8 Å². The molecule has 2 aromatic rings.